The molecule has 1 aromatic heterocycles. The molecule has 4 nitrogen and oxygen atoms in total. The van der Waals surface area contributed by atoms with Crippen molar-refractivity contribution in [1.82, 2.24) is 4.98 Å². The minimum atomic E-state index is -2.96. The van der Waals surface area contributed by atoms with Crippen molar-refractivity contribution >= 4 is 58.2 Å². The maximum atomic E-state index is 12.0. The molecule has 0 aliphatic rings. The Kier molecular flexibility index (Phi) is 5.66. The van der Waals surface area contributed by atoms with E-state index in [4.69, 9.17) is 5.26 Å². The molecule has 0 fully saturated rings. The summed E-state index contributed by atoms with van der Waals surface area (Å²) >= 11 is 1.67. The molecule has 78 valence electrons. The zero-order chi connectivity index (χ0) is 12.1. The van der Waals surface area contributed by atoms with Crippen LogP contribution in [-0.4, -0.2) is 64.0 Å². The summed E-state index contributed by atoms with van der Waals surface area (Å²) in [5, 5.41) is 8.76. The van der Waals surface area contributed by atoms with Gasteiger partial charge in [0.2, 0.25) is 0 Å². The number of ether oxygens (including phenoxy) is 1. The van der Waals surface area contributed by atoms with Gasteiger partial charge in [-0.25, -0.2) is 0 Å². The van der Waals surface area contributed by atoms with E-state index in [-0.39, 0.29) is 11.3 Å². The summed E-state index contributed by atoms with van der Waals surface area (Å²) in [6.07, 6.45) is 1.09. The van der Waals surface area contributed by atoms with Gasteiger partial charge in [-0.1, -0.05) is 0 Å². The second-order valence-corrected chi connectivity index (χ2v) is 13.7. The molecule has 0 spiro atoms. The second kappa shape index (κ2) is 6.53. The Bertz CT molecular complexity index is 455. The number of halogens is 2. The molecule has 0 amide bonds. The molecule has 0 saturated carbocycles. The van der Waals surface area contributed by atoms with Crippen LogP contribution in [0.1, 0.15) is 5.56 Å². The molecule has 8 heteroatoms. The zero-order valence-corrected chi connectivity index (χ0v) is 15.5. The fraction of sp³-hybridized carbons (Fsp3) is 0.125. The Labute approximate surface area is 122 Å². The van der Waals surface area contributed by atoms with Crippen LogP contribution in [0.5, 0.6) is 5.75 Å². The molecule has 1 aromatic rings. The van der Waals surface area contributed by atoms with Crippen molar-refractivity contribution < 1.29 is 13.5 Å². The fourth-order valence-electron chi connectivity index (χ4n) is 0.885. The van der Waals surface area contributed by atoms with Crippen LogP contribution in [0.25, 0.3) is 0 Å². The molecule has 0 aliphatic heterocycles. The van der Waals surface area contributed by atoms with Crippen LogP contribution in [0.3, 0.4) is 0 Å². The molecule has 0 unspecified atom stereocenters. The third kappa shape index (κ3) is 4.36. The van der Waals surface area contributed by atoms with Crippen molar-refractivity contribution in [2.45, 2.75) is 6.61 Å². The van der Waals surface area contributed by atoms with Crippen molar-refractivity contribution in [2.24, 2.45) is 4.99 Å². The van der Waals surface area contributed by atoms with E-state index in [2.05, 4.69) is 14.7 Å². The van der Waals surface area contributed by atoms with Gasteiger partial charge in [-0.2, -0.15) is 0 Å². The van der Waals surface area contributed by atoms with Crippen molar-refractivity contribution in [2.75, 3.05) is 0 Å². The average Bonchev–Trinajstić information content (AvgIpc) is 2.18. The summed E-state index contributed by atoms with van der Waals surface area (Å²) in [5.74, 6) is 0.137. The van der Waals surface area contributed by atoms with Gasteiger partial charge in [0.25, 0.3) is 0 Å². The Morgan fingerprint density at radius 1 is 1.56 bits per heavy atom. The molecular weight excluding hydrogens is 607 g/mol. The van der Waals surface area contributed by atoms with E-state index in [1.54, 1.807) is 6.07 Å². The van der Waals surface area contributed by atoms with E-state index >= 15 is 0 Å². The van der Waals surface area contributed by atoms with Gasteiger partial charge in [0.05, 0.1) is 0 Å². The molecular formula is C8H3F2N3OPb2. The Morgan fingerprint density at radius 3 is 2.75 bits per heavy atom. The van der Waals surface area contributed by atoms with Crippen molar-refractivity contribution in [1.29, 1.82) is 5.26 Å². The fourth-order valence-corrected chi connectivity index (χ4v) is 1.78. The van der Waals surface area contributed by atoms with Crippen LogP contribution < -0.4 is 4.74 Å². The molecule has 0 aliphatic carbocycles. The van der Waals surface area contributed by atoms with E-state index in [1.165, 1.54) is 6.07 Å². The van der Waals surface area contributed by atoms with Gasteiger partial charge in [0.15, 0.2) is 0 Å². The Morgan fingerprint density at radius 2 is 2.25 bits per heavy atom. The molecule has 1 rings (SSSR count). The first-order valence-electron chi connectivity index (χ1n) is 3.89. The van der Waals surface area contributed by atoms with Crippen molar-refractivity contribution in [3.63, 3.8) is 0 Å². The Balaban J connectivity index is 3.08. The second-order valence-electron chi connectivity index (χ2n) is 2.49. The van der Waals surface area contributed by atoms with E-state index in [0.717, 1.165) is 58.6 Å². The van der Waals surface area contributed by atoms with Gasteiger partial charge in [0.1, 0.15) is 0 Å². The van der Waals surface area contributed by atoms with E-state index in [9.17, 15) is 8.78 Å². The number of rotatable bonds is 3. The van der Waals surface area contributed by atoms with Gasteiger partial charge in [-0.3, -0.25) is 0 Å². The number of aliphatic imine (C=N–C) groups is 1. The van der Waals surface area contributed by atoms with E-state index in [0.29, 0.717) is 5.82 Å². The molecule has 0 N–H and O–H groups in total. The van der Waals surface area contributed by atoms with Crippen molar-refractivity contribution in [3.8, 4) is 11.8 Å². The number of alkyl halides is 2. The predicted octanol–water partition coefficient (Wildman–Crippen LogP) is 0.879. The number of hydrogen-bond donors (Lipinski definition) is 0. The summed E-state index contributed by atoms with van der Waals surface area (Å²) < 4.78 is 29.1. The molecule has 16 heavy (non-hydrogen) atoms. The van der Waals surface area contributed by atoms with Crippen LogP contribution >= 0.6 is 0 Å². The third-order valence-corrected chi connectivity index (χ3v) is 2.29. The van der Waals surface area contributed by atoms with Crippen molar-refractivity contribution in [3.05, 3.63) is 17.8 Å². The summed E-state index contributed by atoms with van der Waals surface area (Å²) in [6.45, 7) is -2.96. The van der Waals surface area contributed by atoms with Gasteiger partial charge in [-0.15, -0.1) is 0 Å². The zero-order valence-electron chi connectivity index (χ0n) is 7.74. The summed E-state index contributed by atoms with van der Waals surface area (Å²) in [4.78, 5) is 7.95. The predicted molar refractivity (Wildman–Crippen MR) is 54.2 cm³/mol. The maximum absolute atomic E-state index is 12.0. The van der Waals surface area contributed by atoms with E-state index < -0.39 is 6.61 Å². The molecule has 0 bridgehead atoms. The molecule has 0 atom stereocenters. The third-order valence-electron chi connectivity index (χ3n) is 1.42. The van der Waals surface area contributed by atoms with Crippen LogP contribution in [0, 0.1) is 11.3 Å². The molecule has 6 radical (unpaired) electrons. The van der Waals surface area contributed by atoms with Crippen LogP contribution in [0.15, 0.2) is 17.3 Å². The summed E-state index contributed by atoms with van der Waals surface area (Å²) in [7, 11) is 0. The number of aromatic nitrogens is 1. The summed E-state index contributed by atoms with van der Waals surface area (Å²) in [6, 6.07) is 3.11. The summed E-state index contributed by atoms with van der Waals surface area (Å²) in [5.41, 5.74) is 0.0126. The first-order chi connectivity index (χ1) is 7.52. The van der Waals surface area contributed by atoms with Gasteiger partial charge >= 0.3 is 123 Å². The molecule has 1 heterocycles. The normalized spacial score (nSPS) is 9.75. The van der Waals surface area contributed by atoms with Gasteiger partial charge in [0, 0.05) is 0 Å². The van der Waals surface area contributed by atoms with E-state index in [1.807, 2.05) is 0 Å². The number of hydrogen-bond acceptors (Lipinski definition) is 4. The van der Waals surface area contributed by atoms with Crippen LogP contribution in [0.2, 0.25) is 0 Å². The monoisotopic (exact) mass is 611 g/mol. The first kappa shape index (κ1) is 13.9. The number of pyridine rings is 1. The number of nitrogens with zero attached hydrogens (tertiary/aromatic N) is 3. The van der Waals surface area contributed by atoms with Gasteiger partial charge in [-0.05, 0) is 0 Å². The quantitative estimate of drug-likeness (QED) is 0.378. The average molecular weight is 610 g/mol. The standard InChI is InChI=1S/C8H3F2N3O.2Pb/c1-12-7-2-5(3-11)6(4-13-7)14-8(9)10;;/h2,4,8H;;. The first-order valence-corrected chi connectivity index (χ1v) is 7.78. The number of nitriles is 1. The topological polar surface area (TPSA) is 58.3 Å². The minimum absolute atomic E-state index is 0.0126. The SMILES string of the molecule is N#Cc1cc(N=[C]([Pb])[Pb])ncc1OC(F)F. The molecule has 0 saturated heterocycles. The van der Waals surface area contributed by atoms with Gasteiger partial charge < -0.3 is 0 Å². The van der Waals surface area contributed by atoms with Crippen LogP contribution in [0.4, 0.5) is 14.6 Å². The Hall–Kier alpha value is -0.186. The van der Waals surface area contributed by atoms with Crippen LogP contribution in [-0.2, 0) is 0 Å². The molecule has 0 aromatic carbocycles.